The maximum Gasteiger partial charge on any atom is 0.408 e. The van der Waals surface area contributed by atoms with Crippen LogP contribution < -0.4 is 21.1 Å². The first-order valence-electron chi connectivity index (χ1n) is 14.0. The number of alkyl carbamates (subject to hydrolysis) is 1. The van der Waals surface area contributed by atoms with Gasteiger partial charge in [-0.1, -0.05) is 72.8 Å². The second-order valence-corrected chi connectivity index (χ2v) is 11.0. The van der Waals surface area contributed by atoms with Crippen LogP contribution in [0, 0.1) is 0 Å². The summed E-state index contributed by atoms with van der Waals surface area (Å²) >= 11 is 0. The van der Waals surface area contributed by atoms with Crippen molar-refractivity contribution in [2.45, 2.75) is 70.9 Å². The van der Waals surface area contributed by atoms with Crippen LogP contribution in [0.4, 0.5) is 4.79 Å². The minimum Gasteiger partial charge on any atom is -0.489 e. The van der Waals surface area contributed by atoms with Gasteiger partial charge in [0.2, 0.25) is 11.8 Å². The molecule has 0 heterocycles. The third-order valence-corrected chi connectivity index (χ3v) is 6.16. The Morgan fingerprint density at radius 3 is 1.88 bits per heavy atom. The highest BCUT2D eigenvalue weighted by Gasteiger charge is 2.28. The molecule has 43 heavy (non-hydrogen) atoms. The molecule has 0 bridgehead atoms. The van der Waals surface area contributed by atoms with E-state index in [2.05, 4.69) is 10.6 Å². The summed E-state index contributed by atoms with van der Waals surface area (Å²) in [5.74, 6) is -1.37. The molecule has 2 atom stereocenters. The van der Waals surface area contributed by atoms with Gasteiger partial charge in [0.1, 0.15) is 36.6 Å². The van der Waals surface area contributed by atoms with E-state index in [1.165, 1.54) is 0 Å². The molecule has 3 aromatic rings. The summed E-state index contributed by atoms with van der Waals surface area (Å²) in [6, 6.07) is 23.7. The Kier molecular flexibility index (Phi) is 12.1. The van der Waals surface area contributed by atoms with Crippen LogP contribution in [0.25, 0.3) is 0 Å². The van der Waals surface area contributed by atoms with Gasteiger partial charge in [-0.3, -0.25) is 14.4 Å². The third-order valence-electron chi connectivity index (χ3n) is 6.16. The van der Waals surface area contributed by atoms with Crippen LogP contribution in [-0.2, 0) is 43.5 Å². The highest BCUT2D eigenvalue weighted by molar-refractivity contribution is 5.91. The van der Waals surface area contributed by atoms with Crippen molar-refractivity contribution in [3.05, 3.63) is 102 Å². The second-order valence-electron chi connectivity index (χ2n) is 11.0. The van der Waals surface area contributed by atoms with Gasteiger partial charge in [0.25, 0.3) is 0 Å². The van der Waals surface area contributed by atoms with E-state index in [4.69, 9.17) is 19.9 Å². The quantitative estimate of drug-likeness (QED) is 0.239. The molecule has 0 saturated heterocycles. The molecule has 3 aromatic carbocycles. The zero-order valence-corrected chi connectivity index (χ0v) is 24.7. The fourth-order valence-electron chi connectivity index (χ4n) is 3.99. The first-order chi connectivity index (χ1) is 20.5. The summed E-state index contributed by atoms with van der Waals surface area (Å²) in [5.41, 5.74) is 7.31. The van der Waals surface area contributed by atoms with Gasteiger partial charge in [0, 0.05) is 12.8 Å². The molecule has 3 rings (SSSR count). The molecule has 0 spiro atoms. The Morgan fingerprint density at radius 1 is 0.744 bits per heavy atom. The van der Waals surface area contributed by atoms with Crippen LogP contribution in [0.5, 0.6) is 5.75 Å². The van der Waals surface area contributed by atoms with E-state index in [1.807, 2.05) is 60.7 Å². The highest BCUT2D eigenvalue weighted by atomic mass is 16.6. The molecule has 0 aliphatic carbocycles. The first-order valence-corrected chi connectivity index (χ1v) is 14.0. The van der Waals surface area contributed by atoms with E-state index in [0.717, 1.165) is 16.7 Å². The van der Waals surface area contributed by atoms with Crippen LogP contribution in [0.3, 0.4) is 0 Å². The molecule has 228 valence electrons. The third kappa shape index (κ3) is 12.3. The summed E-state index contributed by atoms with van der Waals surface area (Å²) in [7, 11) is 0. The van der Waals surface area contributed by atoms with Crippen molar-refractivity contribution < 1.29 is 33.4 Å². The normalized spacial score (nSPS) is 12.3. The van der Waals surface area contributed by atoms with E-state index in [0.29, 0.717) is 12.4 Å². The van der Waals surface area contributed by atoms with E-state index in [1.54, 1.807) is 45.0 Å². The van der Waals surface area contributed by atoms with Gasteiger partial charge in [-0.2, -0.15) is 0 Å². The molecule has 10 heteroatoms. The van der Waals surface area contributed by atoms with Crippen LogP contribution in [0.2, 0.25) is 0 Å². The van der Waals surface area contributed by atoms with Gasteiger partial charge >= 0.3 is 12.1 Å². The van der Waals surface area contributed by atoms with Gasteiger partial charge in [-0.05, 0) is 56.0 Å². The number of rotatable bonds is 14. The van der Waals surface area contributed by atoms with Gasteiger partial charge in [0.05, 0.1) is 0 Å². The standard InChI is InChI=1S/C33H39N3O7/c1-33(2,3)43-32(40)36-28(20-23-14-16-26(17-15-23)41-21-24-10-6-4-7-11-24)31(39)35-27(30(34)38)18-19-29(37)42-22-25-12-8-5-9-13-25/h4-17,27-28H,18-22H2,1-3H3,(H2,34,38)(H,35,39)(H,36,40). The van der Waals surface area contributed by atoms with Gasteiger partial charge in [0.15, 0.2) is 0 Å². The number of nitrogens with one attached hydrogen (secondary N) is 2. The van der Waals surface area contributed by atoms with Gasteiger partial charge in [-0.15, -0.1) is 0 Å². The fourth-order valence-corrected chi connectivity index (χ4v) is 3.99. The summed E-state index contributed by atoms with van der Waals surface area (Å²) in [4.78, 5) is 50.3. The lowest BCUT2D eigenvalue weighted by Gasteiger charge is -2.25. The minimum atomic E-state index is -1.16. The first kappa shape index (κ1) is 32.7. The number of ether oxygens (including phenoxy) is 3. The minimum absolute atomic E-state index is 0.0682. The molecule has 0 radical (unpaired) electrons. The van der Waals surface area contributed by atoms with E-state index >= 15 is 0 Å². The predicted octanol–water partition coefficient (Wildman–Crippen LogP) is 4.20. The largest absolute Gasteiger partial charge is 0.489 e. The molecule has 2 unspecified atom stereocenters. The lowest BCUT2D eigenvalue weighted by Crippen LogP contribution is -2.54. The zero-order valence-electron chi connectivity index (χ0n) is 24.7. The Hall–Kier alpha value is -4.86. The number of carbonyl (C=O) groups excluding carboxylic acids is 4. The summed E-state index contributed by atoms with van der Waals surface area (Å²) in [5, 5.41) is 5.15. The lowest BCUT2D eigenvalue weighted by atomic mass is 10.0. The Morgan fingerprint density at radius 2 is 1.33 bits per heavy atom. The van der Waals surface area contributed by atoms with Crippen molar-refractivity contribution in [2.75, 3.05) is 0 Å². The molecule has 0 fully saturated rings. The van der Waals surface area contributed by atoms with Crippen LogP contribution in [-0.4, -0.2) is 41.6 Å². The summed E-state index contributed by atoms with van der Waals surface area (Å²) in [6.07, 6.45) is -0.916. The Bertz CT molecular complexity index is 1340. The number of amides is 3. The van der Waals surface area contributed by atoms with Crippen molar-refractivity contribution in [1.82, 2.24) is 10.6 Å². The van der Waals surface area contributed by atoms with Crippen LogP contribution in [0.1, 0.15) is 50.3 Å². The number of benzene rings is 3. The molecule has 0 aliphatic rings. The van der Waals surface area contributed by atoms with E-state index in [9.17, 15) is 19.2 Å². The molecular weight excluding hydrogens is 550 g/mol. The molecule has 0 aliphatic heterocycles. The van der Waals surface area contributed by atoms with E-state index < -0.39 is 41.6 Å². The number of carbonyl (C=O) groups is 4. The van der Waals surface area contributed by atoms with Crippen LogP contribution in [0.15, 0.2) is 84.9 Å². The van der Waals surface area contributed by atoms with Crippen molar-refractivity contribution in [3.63, 3.8) is 0 Å². The second kappa shape index (κ2) is 16.0. The fraction of sp³-hybridized carbons (Fsp3) is 0.333. The molecule has 3 amide bonds. The number of primary amides is 1. The smallest absolute Gasteiger partial charge is 0.408 e. The number of esters is 1. The monoisotopic (exact) mass is 589 g/mol. The summed E-state index contributed by atoms with van der Waals surface area (Å²) in [6.45, 7) is 5.60. The van der Waals surface area contributed by atoms with Crippen molar-refractivity contribution >= 4 is 23.9 Å². The van der Waals surface area contributed by atoms with E-state index in [-0.39, 0.29) is 25.9 Å². The number of nitrogens with two attached hydrogens (primary N) is 1. The maximum atomic E-state index is 13.3. The average molecular weight is 590 g/mol. The van der Waals surface area contributed by atoms with Gasteiger partial charge < -0.3 is 30.6 Å². The number of hydrogen-bond acceptors (Lipinski definition) is 7. The Labute approximate surface area is 251 Å². The lowest BCUT2D eigenvalue weighted by molar-refractivity contribution is -0.145. The molecular formula is C33H39N3O7. The number of hydrogen-bond donors (Lipinski definition) is 3. The molecule has 0 saturated carbocycles. The van der Waals surface area contributed by atoms with Crippen molar-refractivity contribution in [1.29, 1.82) is 0 Å². The molecule has 10 nitrogen and oxygen atoms in total. The molecule has 4 N–H and O–H groups in total. The SMILES string of the molecule is CC(C)(C)OC(=O)NC(Cc1ccc(OCc2ccccc2)cc1)C(=O)NC(CCC(=O)OCc1ccccc1)C(N)=O. The van der Waals surface area contributed by atoms with Crippen molar-refractivity contribution in [3.8, 4) is 5.75 Å². The highest BCUT2D eigenvalue weighted by Crippen LogP contribution is 2.16. The van der Waals surface area contributed by atoms with Gasteiger partial charge in [-0.25, -0.2) is 4.79 Å². The van der Waals surface area contributed by atoms with Crippen LogP contribution >= 0.6 is 0 Å². The topological polar surface area (TPSA) is 146 Å². The summed E-state index contributed by atoms with van der Waals surface area (Å²) < 4.78 is 16.4. The predicted molar refractivity (Wildman–Crippen MR) is 161 cm³/mol. The average Bonchev–Trinajstić information content (AvgIpc) is 2.97. The maximum absolute atomic E-state index is 13.3. The van der Waals surface area contributed by atoms with Crippen molar-refractivity contribution in [2.24, 2.45) is 5.73 Å². The Balaban J connectivity index is 1.62. The zero-order chi connectivity index (χ0) is 31.2. The molecule has 0 aromatic heterocycles.